The second-order valence-electron chi connectivity index (χ2n) is 7.01. The number of hydrogen-bond donors (Lipinski definition) is 0. The highest BCUT2D eigenvalue weighted by atomic mass is 16.7. The van der Waals surface area contributed by atoms with Crippen molar-refractivity contribution in [3.8, 4) is 0 Å². The average Bonchev–Trinajstić information content (AvgIpc) is 2.62. The minimum absolute atomic E-state index is 0.349. The quantitative estimate of drug-likeness (QED) is 0.163. The van der Waals surface area contributed by atoms with Gasteiger partial charge in [0.2, 0.25) is 0 Å². The van der Waals surface area contributed by atoms with E-state index in [4.69, 9.17) is 9.47 Å². The predicted octanol–water partition coefficient (Wildman–Crippen LogP) is 7.39. The number of rotatable bonds is 16. The highest BCUT2D eigenvalue weighted by molar-refractivity contribution is 5.59. The highest BCUT2D eigenvalue weighted by Gasteiger charge is 2.04. The summed E-state index contributed by atoms with van der Waals surface area (Å²) < 4.78 is 9.99. The van der Waals surface area contributed by atoms with Gasteiger partial charge in [-0.15, -0.1) is 0 Å². The first-order valence-electron chi connectivity index (χ1n) is 10.4. The summed E-state index contributed by atoms with van der Waals surface area (Å²) in [5, 5.41) is 0. The second kappa shape index (κ2) is 19.8. The van der Waals surface area contributed by atoms with Crippen LogP contribution >= 0.6 is 0 Å². The van der Waals surface area contributed by atoms with Crippen LogP contribution in [0.3, 0.4) is 0 Å². The van der Waals surface area contributed by atoms with Crippen LogP contribution < -0.4 is 0 Å². The summed E-state index contributed by atoms with van der Waals surface area (Å²) in [5.41, 5.74) is 0. The molecule has 3 heteroatoms. The standard InChI is InChI=1S/C23H40O3/c1-4-5-6-7-8-9-10-11-12-13-14-15-16-17-18-19-20-25-23(24)26-21-22(2)3/h5-6,8-9,11-12,22H,4,7,10,13-21H2,1-3H3/b6-5-,9-8-,12-11-. The lowest BCUT2D eigenvalue weighted by Crippen LogP contribution is -2.12. The van der Waals surface area contributed by atoms with Gasteiger partial charge in [0.1, 0.15) is 0 Å². The van der Waals surface area contributed by atoms with Gasteiger partial charge in [-0.05, 0) is 44.4 Å². The lowest BCUT2D eigenvalue weighted by molar-refractivity contribution is 0.0465. The number of unbranched alkanes of at least 4 members (excludes halogenated alkanes) is 6. The van der Waals surface area contributed by atoms with Crippen LogP contribution in [0.15, 0.2) is 36.5 Å². The van der Waals surface area contributed by atoms with E-state index in [-0.39, 0.29) is 0 Å². The zero-order valence-corrected chi connectivity index (χ0v) is 17.3. The molecule has 0 rings (SSSR count). The van der Waals surface area contributed by atoms with Crippen LogP contribution in [0.2, 0.25) is 0 Å². The van der Waals surface area contributed by atoms with Crippen LogP contribution in [-0.2, 0) is 9.47 Å². The normalized spacial score (nSPS) is 12.0. The fourth-order valence-electron chi connectivity index (χ4n) is 2.33. The minimum Gasteiger partial charge on any atom is -0.434 e. The van der Waals surface area contributed by atoms with Crippen molar-refractivity contribution in [2.75, 3.05) is 13.2 Å². The Morgan fingerprint density at radius 2 is 1.35 bits per heavy atom. The van der Waals surface area contributed by atoms with E-state index in [0.29, 0.717) is 19.1 Å². The van der Waals surface area contributed by atoms with Gasteiger partial charge in [0.05, 0.1) is 13.2 Å². The second-order valence-corrected chi connectivity index (χ2v) is 7.01. The topological polar surface area (TPSA) is 35.5 Å². The molecular weight excluding hydrogens is 324 g/mol. The van der Waals surface area contributed by atoms with Gasteiger partial charge in [-0.25, -0.2) is 4.79 Å². The van der Waals surface area contributed by atoms with Crippen molar-refractivity contribution in [2.45, 2.75) is 85.0 Å². The number of hydrogen-bond acceptors (Lipinski definition) is 3. The molecule has 0 spiro atoms. The van der Waals surface area contributed by atoms with E-state index in [1.54, 1.807) is 0 Å². The van der Waals surface area contributed by atoms with Crippen molar-refractivity contribution in [1.82, 2.24) is 0 Å². The summed E-state index contributed by atoms with van der Waals surface area (Å²) >= 11 is 0. The van der Waals surface area contributed by atoms with Crippen molar-refractivity contribution >= 4 is 6.16 Å². The summed E-state index contributed by atoms with van der Waals surface area (Å²) in [4.78, 5) is 11.2. The molecule has 0 aliphatic rings. The Labute approximate surface area is 161 Å². The first-order chi connectivity index (χ1) is 12.7. The third-order valence-electron chi connectivity index (χ3n) is 3.80. The van der Waals surface area contributed by atoms with Gasteiger partial charge in [-0.1, -0.05) is 82.9 Å². The Bertz CT molecular complexity index is 394. The molecule has 0 saturated heterocycles. The van der Waals surface area contributed by atoms with E-state index < -0.39 is 6.16 Å². The minimum atomic E-state index is -0.530. The SMILES string of the molecule is CC/C=C\C/C=C\C/C=C\CCCCCCCCOC(=O)OCC(C)C. The van der Waals surface area contributed by atoms with Gasteiger partial charge in [0.25, 0.3) is 0 Å². The average molecular weight is 365 g/mol. The largest absolute Gasteiger partial charge is 0.508 e. The maximum absolute atomic E-state index is 11.2. The third kappa shape index (κ3) is 20.5. The van der Waals surface area contributed by atoms with Gasteiger partial charge in [-0.3, -0.25) is 0 Å². The van der Waals surface area contributed by atoms with Gasteiger partial charge in [-0.2, -0.15) is 0 Å². The molecule has 0 radical (unpaired) electrons. The molecule has 0 heterocycles. The lowest BCUT2D eigenvalue weighted by atomic mass is 10.1. The molecular formula is C23H40O3. The van der Waals surface area contributed by atoms with Crippen LogP contribution in [0.25, 0.3) is 0 Å². The lowest BCUT2D eigenvalue weighted by Gasteiger charge is -2.07. The van der Waals surface area contributed by atoms with E-state index >= 15 is 0 Å². The van der Waals surface area contributed by atoms with Gasteiger partial charge in [0.15, 0.2) is 0 Å². The molecule has 0 aromatic rings. The molecule has 0 aromatic carbocycles. The van der Waals surface area contributed by atoms with Crippen molar-refractivity contribution in [2.24, 2.45) is 5.92 Å². The Morgan fingerprint density at radius 1 is 0.769 bits per heavy atom. The van der Waals surface area contributed by atoms with Crippen LogP contribution in [0.1, 0.15) is 85.0 Å². The number of carbonyl (C=O) groups excluding carboxylic acids is 1. The zero-order chi connectivity index (χ0) is 19.3. The molecule has 26 heavy (non-hydrogen) atoms. The first kappa shape index (κ1) is 24.5. The number of ether oxygens (including phenoxy) is 2. The molecule has 0 aliphatic heterocycles. The van der Waals surface area contributed by atoms with E-state index in [9.17, 15) is 4.79 Å². The monoisotopic (exact) mass is 364 g/mol. The Balaban J connectivity index is 3.27. The first-order valence-corrected chi connectivity index (χ1v) is 10.4. The molecule has 0 amide bonds. The van der Waals surface area contributed by atoms with Crippen molar-refractivity contribution < 1.29 is 14.3 Å². The maximum Gasteiger partial charge on any atom is 0.508 e. The number of allylic oxidation sites excluding steroid dienone is 6. The predicted molar refractivity (Wildman–Crippen MR) is 111 cm³/mol. The van der Waals surface area contributed by atoms with Crippen LogP contribution in [0, 0.1) is 5.92 Å². The van der Waals surface area contributed by atoms with Crippen LogP contribution in [0.4, 0.5) is 4.79 Å². The van der Waals surface area contributed by atoms with Crippen LogP contribution in [-0.4, -0.2) is 19.4 Å². The van der Waals surface area contributed by atoms with E-state index in [1.165, 1.54) is 32.1 Å². The Hall–Kier alpha value is -1.51. The molecule has 0 N–H and O–H groups in total. The molecule has 0 unspecified atom stereocenters. The summed E-state index contributed by atoms with van der Waals surface area (Å²) in [6, 6.07) is 0. The summed E-state index contributed by atoms with van der Waals surface area (Å²) in [6.45, 7) is 7.08. The summed E-state index contributed by atoms with van der Waals surface area (Å²) in [6.07, 6.45) is 24.3. The smallest absolute Gasteiger partial charge is 0.434 e. The fourth-order valence-corrected chi connectivity index (χ4v) is 2.33. The summed E-state index contributed by atoms with van der Waals surface area (Å²) in [7, 11) is 0. The Kier molecular flexibility index (Phi) is 18.7. The van der Waals surface area contributed by atoms with E-state index in [1.807, 2.05) is 13.8 Å². The highest BCUT2D eigenvalue weighted by Crippen LogP contribution is 2.08. The zero-order valence-electron chi connectivity index (χ0n) is 17.3. The molecule has 0 aliphatic carbocycles. The molecule has 0 aromatic heterocycles. The van der Waals surface area contributed by atoms with E-state index in [0.717, 1.165) is 32.1 Å². The van der Waals surface area contributed by atoms with Gasteiger partial charge < -0.3 is 9.47 Å². The van der Waals surface area contributed by atoms with Crippen molar-refractivity contribution in [3.63, 3.8) is 0 Å². The fraction of sp³-hybridized carbons (Fsp3) is 0.696. The molecule has 3 nitrogen and oxygen atoms in total. The van der Waals surface area contributed by atoms with Gasteiger partial charge >= 0.3 is 6.16 Å². The van der Waals surface area contributed by atoms with Crippen LogP contribution in [0.5, 0.6) is 0 Å². The van der Waals surface area contributed by atoms with Crippen molar-refractivity contribution in [3.05, 3.63) is 36.5 Å². The third-order valence-corrected chi connectivity index (χ3v) is 3.80. The molecule has 0 fully saturated rings. The molecule has 0 saturated carbocycles. The number of carbonyl (C=O) groups is 1. The Morgan fingerprint density at radius 3 is 2.00 bits per heavy atom. The molecule has 0 bridgehead atoms. The summed E-state index contributed by atoms with van der Waals surface area (Å²) in [5.74, 6) is 0.349. The molecule has 150 valence electrons. The van der Waals surface area contributed by atoms with Crippen molar-refractivity contribution in [1.29, 1.82) is 0 Å². The van der Waals surface area contributed by atoms with E-state index in [2.05, 4.69) is 43.4 Å². The molecule has 0 atom stereocenters. The van der Waals surface area contributed by atoms with Gasteiger partial charge in [0, 0.05) is 0 Å². The maximum atomic E-state index is 11.2.